The Morgan fingerprint density at radius 1 is 1.17 bits per heavy atom. The number of nitrogens with zero attached hydrogens (tertiary/aromatic N) is 4. The molecule has 0 bridgehead atoms. The summed E-state index contributed by atoms with van der Waals surface area (Å²) in [4.78, 5) is 16.9. The van der Waals surface area contributed by atoms with Gasteiger partial charge in [-0.15, -0.1) is 10.2 Å². The van der Waals surface area contributed by atoms with Crippen LogP contribution in [0.25, 0.3) is 15.3 Å². The second-order valence-electron chi connectivity index (χ2n) is 4.85. The highest BCUT2D eigenvalue weighted by Crippen LogP contribution is 2.26. The number of amides is 1. The van der Waals surface area contributed by atoms with Gasteiger partial charge in [-0.2, -0.15) is 0 Å². The third kappa shape index (κ3) is 2.73. The van der Waals surface area contributed by atoms with Crippen molar-refractivity contribution in [1.82, 2.24) is 19.7 Å². The summed E-state index contributed by atoms with van der Waals surface area (Å²) in [7, 11) is 0. The number of hydrogen-bond acceptors (Lipinski definition) is 6. The lowest BCUT2D eigenvalue weighted by Gasteiger charge is -2.00. The van der Waals surface area contributed by atoms with E-state index in [0.29, 0.717) is 10.7 Å². The number of carbonyl (C=O) groups excluding carboxylic acids is 1. The molecule has 0 aliphatic heterocycles. The molecule has 4 rings (SSSR count). The van der Waals surface area contributed by atoms with Crippen LogP contribution >= 0.6 is 22.7 Å². The molecule has 3 heterocycles. The highest BCUT2D eigenvalue weighted by molar-refractivity contribution is 7.20. The Bertz CT molecular complexity index is 987. The lowest BCUT2D eigenvalue weighted by Crippen LogP contribution is -2.11. The molecule has 8 heteroatoms. The van der Waals surface area contributed by atoms with Crippen LogP contribution in [0.2, 0.25) is 0 Å². The van der Waals surface area contributed by atoms with Crippen molar-refractivity contribution < 1.29 is 4.79 Å². The largest absolute Gasteiger partial charge is 0.300 e. The van der Waals surface area contributed by atoms with Gasteiger partial charge >= 0.3 is 0 Å². The fourth-order valence-corrected chi connectivity index (χ4v) is 3.70. The molecular weight excluding hydrogens is 330 g/mol. The normalized spacial score (nSPS) is 11.0. The maximum absolute atomic E-state index is 12.3. The van der Waals surface area contributed by atoms with Crippen molar-refractivity contribution in [2.45, 2.75) is 6.92 Å². The number of carbonyl (C=O) groups is 1. The zero-order chi connectivity index (χ0) is 15.8. The maximum Gasteiger partial charge on any atom is 0.257 e. The Kier molecular flexibility index (Phi) is 3.40. The molecule has 0 unspecified atom stereocenters. The third-order valence-corrected chi connectivity index (χ3v) is 5.00. The van der Waals surface area contributed by atoms with Gasteiger partial charge in [0.2, 0.25) is 5.13 Å². The third-order valence-electron chi connectivity index (χ3n) is 3.21. The van der Waals surface area contributed by atoms with E-state index in [1.165, 1.54) is 11.3 Å². The minimum absolute atomic E-state index is 0.195. The highest BCUT2D eigenvalue weighted by atomic mass is 32.1. The van der Waals surface area contributed by atoms with Crippen LogP contribution in [0.3, 0.4) is 0 Å². The predicted octanol–water partition coefficient (Wildman–Crippen LogP) is 3.50. The first kappa shape index (κ1) is 14.0. The maximum atomic E-state index is 12.3. The zero-order valence-electron chi connectivity index (χ0n) is 12.1. The summed E-state index contributed by atoms with van der Waals surface area (Å²) in [6.45, 7) is 1.85. The van der Waals surface area contributed by atoms with Crippen LogP contribution in [0.1, 0.15) is 15.4 Å². The number of aryl methyl sites for hydroxylation is 1. The van der Waals surface area contributed by atoms with Crippen LogP contribution in [0.5, 0.6) is 0 Å². The van der Waals surface area contributed by atoms with Crippen LogP contribution in [-0.4, -0.2) is 25.7 Å². The average Bonchev–Trinajstić information content (AvgIpc) is 3.26. The minimum atomic E-state index is -0.195. The lowest BCUT2D eigenvalue weighted by molar-refractivity contribution is 0.102. The summed E-state index contributed by atoms with van der Waals surface area (Å²) in [5.41, 5.74) is 1.45. The molecule has 0 aliphatic carbocycles. The van der Waals surface area contributed by atoms with E-state index in [4.69, 9.17) is 0 Å². The minimum Gasteiger partial charge on any atom is -0.300 e. The molecule has 3 aromatic heterocycles. The molecule has 0 saturated carbocycles. The smallest absolute Gasteiger partial charge is 0.257 e. The standard InChI is InChI=1S/C15H11N5OS2/c1-9-18-19-14(22-9)17-13(21)10-4-5-11-12(8-10)23-15(16-11)20-6-2-3-7-20/h2-8H,1H3,(H,17,19,21). The van der Waals surface area contributed by atoms with Crippen molar-refractivity contribution in [3.05, 3.63) is 53.3 Å². The van der Waals surface area contributed by atoms with Gasteiger partial charge in [0.05, 0.1) is 10.2 Å². The average molecular weight is 341 g/mol. The second-order valence-corrected chi connectivity index (χ2v) is 7.04. The number of rotatable bonds is 3. The van der Waals surface area contributed by atoms with Crippen molar-refractivity contribution in [2.24, 2.45) is 0 Å². The summed E-state index contributed by atoms with van der Waals surface area (Å²) in [5, 5.41) is 12.8. The number of benzene rings is 1. The van der Waals surface area contributed by atoms with E-state index in [-0.39, 0.29) is 5.91 Å². The van der Waals surface area contributed by atoms with Crippen molar-refractivity contribution in [2.75, 3.05) is 5.32 Å². The van der Waals surface area contributed by atoms with Crippen LogP contribution in [0, 0.1) is 6.92 Å². The molecule has 4 aromatic rings. The number of thiazole rings is 1. The van der Waals surface area contributed by atoms with Gasteiger partial charge in [0, 0.05) is 18.0 Å². The number of aromatic nitrogens is 4. The second kappa shape index (κ2) is 5.56. The van der Waals surface area contributed by atoms with Gasteiger partial charge in [-0.1, -0.05) is 22.7 Å². The molecule has 0 radical (unpaired) electrons. The summed E-state index contributed by atoms with van der Waals surface area (Å²) in [5.74, 6) is -0.195. The first-order valence-electron chi connectivity index (χ1n) is 6.84. The number of nitrogens with one attached hydrogen (secondary N) is 1. The van der Waals surface area contributed by atoms with Crippen molar-refractivity contribution in [3.8, 4) is 5.13 Å². The van der Waals surface area contributed by atoms with E-state index in [1.54, 1.807) is 17.4 Å². The van der Waals surface area contributed by atoms with E-state index in [0.717, 1.165) is 20.4 Å². The molecule has 1 amide bonds. The van der Waals surface area contributed by atoms with E-state index in [9.17, 15) is 4.79 Å². The highest BCUT2D eigenvalue weighted by Gasteiger charge is 2.12. The Morgan fingerprint density at radius 2 is 2.00 bits per heavy atom. The summed E-state index contributed by atoms with van der Waals surface area (Å²) in [6, 6.07) is 9.39. The molecule has 0 saturated heterocycles. The first-order chi connectivity index (χ1) is 11.2. The Morgan fingerprint density at radius 3 is 2.74 bits per heavy atom. The number of anilines is 1. The number of fused-ring (bicyclic) bond motifs is 1. The van der Waals surface area contributed by atoms with Crippen LogP contribution in [0.4, 0.5) is 5.13 Å². The molecule has 6 nitrogen and oxygen atoms in total. The number of hydrogen-bond donors (Lipinski definition) is 1. The van der Waals surface area contributed by atoms with E-state index in [2.05, 4.69) is 20.5 Å². The lowest BCUT2D eigenvalue weighted by atomic mass is 10.2. The quantitative estimate of drug-likeness (QED) is 0.619. The summed E-state index contributed by atoms with van der Waals surface area (Å²) < 4.78 is 2.92. The SMILES string of the molecule is Cc1nnc(NC(=O)c2ccc3nc(-n4cccc4)sc3c2)s1. The van der Waals surface area contributed by atoms with Gasteiger partial charge in [0.1, 0.15) is 5.01 Å². The fraction of sp³-hybridized carbons (Fsp3) is 0.0667. The van der Waals surface area contributed by atoms with Crippen LogP contribution in [-0.2, 0) is 0 Å². The van der Waals surface area contributed by atoms with Crippen molar-refractivity contribution in [1.29, 1.82) is 0 Å². The molecule has 0 atom stereocenters. The molecule has 1 aromatic carbocycles. The molecule has 0 aliphatic rings. The van der Waals surface area contributed by atoms with E-state index in [1.807, 2.05) is 48.1 Å². The molecular formula is C15H11N5OS2. The van der Waals surface area contributed by atoms with Gasteiger partial charge in [-0.05, 0) is 37.3 Å². The monoisotopic (exact) mass is 341 g/mol. The first-order valence-corrected chi connectivity index (χ1v) is 8.48. The Balaban J connectivity index is 1.64. The zero-order valence-corrected chi connectivity index (χ0v) is 13.7. The van der Waals surface area contributed by atoms with E-state index >= 15 is 0 Å². The van der Waals surface area contributed by atoms with Gasteiger partial charge < -0.3 is 4.57 Å². The van der Waals surface area contributed by atoms with Crippen LogP contribution in [0.15, 0.2) is 42.7 Å². The van der Waals surface area contributed by atoms with E-state index < -0.39 is 0 Å². The predicted molar refractivity (Wildman–Crippen MR) is 91.5 cm³/mol. The molecule has 0 fully saturated rings. The fourth-order valence-electron chi connectivity index (χ4n) is 2.14. The van der Waals surface area contributed by atoms with Crippen molar-refractivity contribution >= 4 is 43.9 Å². The summed E-state index contributed by atoms with van der Waals surface area (Å²) >= 11 is 2.89. The molecule has 1 N–H and O–H groups in total. The van der Waals surface area contributed by atoms with Gasteiger partial charge in [-0.25, -0.2) is 4.98 Å². The molecule has 23 heavy (non-hydrogen) atoms. The Labute approximate surface area is 139 Å². The molecule has 0 spiro atoms. The summed E-state index contributed by atoms with van der Waals surface area (Å²) in [6.07, 6.45) is 3.90. The van der Waals surface area contributed by atoms with Crippen LogP contribution < -0.4 is 5.32 Å². The molecule has 114 valence electrons. The van der Waals surface area contributed by atoms with Gasteiger partial charge in [-0.3, -0.25) is 10.1 Å². The van der Waals surface area contributed by atoms with Gasteiger partial charge in [0.25, 0.3) is 5.91 Å². The Hall–Kier alpha value is -2.58. The van der Waals surface area contributed by atoms with Crippen molar-refractivity contribution in [3.63, 3.8) is 0 Å². The van der Waals surface area contributed by atoms with Gasteiger partial charge in [0.15, 0.2) is 5.13 Å². The topological polar surface area (TPSA) is 72.7 Å².